The van der Waals surface area contributed by atoms with Crippen molar-refractivity contribution in [3.05, 3.63) is 52.3 Å². The van der Waals surface area contributed by atoms with Crippen LogP contribution in [-0.2, 0) is 0 Å². The van der Waals surface area contributed by atoms with E-state index >= 15 is 0 Å². The molecule has 5 heteroatoms. The maximum absolute atomic E-state index is 12.3. The molecule has 0 saturated carbocycles. The van der Waals surface area contributed by atoms with E-state index in [1.165, 1.54) is 12.1 Å². The predicted molar refractivity (Wildman–Crippen MR) is 84.1 cm³/mol. The first kappa shape index (κ1) is 15.3. The van der Waals surface area contributed by atoms with E-state index in [0.29, 0.717) is 11.3 Å². The molecule has 1 heterocycles. The van der Waals surface area contributed by atoms with Crippen LogP contribution in [0.4, 0.5) is 5.69 Å². The van der Waals surface area contributed by atoms with Crippen LogP contribution in [0, 0.1) is 6.92 Å². The average molecular weight is 305 g/mol. The molecule has 2 N–H and O–H groups in total. The van der Waals surface area contributed by atoms with Gasteiger partial charge in [-0.05, 0) is 36.6 Å². The maximum Gasteiger partial charge on any atom is 0.255 e. The lowest BCUT2D eigenvalue weighted by molar-refractivity contribution is 0.102. The van der Waals surface area contributed by atoms with Crippen LogP contribution in [-0.4, -0.2) is 16.0 Å². The second-order valence-electron chi connectivity index (χ2n) is 5.21. The molecule has 1 aromatic carbocycles. The fourth-order valence-electron chi connectivity index (χ4n) is 1.83. The van der Waals surface area contributed by atoms with E-state index in [4.69, 9.17) is 11.6 Å². The third-order valence-electron chi connectivity index (χ3n) is 3.13. The number of aromatic hydroxyl groups is 1. The summed E-state index contributed by atoms with van der Waals surface area (Å²) in [6.07, 6.45) is 0. The van der Waals surface area contributed by atoms with E-state index in [9.17, 15) is 9.90 Å². The Morgan fingerprint density at radius 3 is 2.62 bits per heavy atom. The van der Waals surface area contributed by atoms with Gasteiger partial charge in [-0.15, -0.1) is 0 Å². The number of phenolic OH excluding ortho intramolecular Hbond substituents is 1. The number of hydrogen-bond acceptors (Lipinski definition) is 3. The highest BCUT2D eigenvalue weighted by Crippen LogP contribution is 2.22. The highest BCUT2D eigenvalue weighted by molar-refractivity contribution is 6.29. The zero-order chi connectivity index (χ0) is 15.6. The van der Waals surface area contributed by atoms with Crippen molar-refractivity contribution in [3.8, 4) is 5.75 Å². The van der Waals surface area contributed by atoms with Crippen LogP contribution >= 0.6 is 11.6 Å². The lowest BCUT2D eigenvalue weighted by Crippen LogP contribution is -2.13. The monoisotopic (exact) mass is 304 g/mol. The number of aromatic nitrogens is 1. The summed E-state index contributed by atoms with van der Waals surface area (Å²) >= 11 is 5.96. The minimum atomic E-state index is -0.288. The molecule has 0 saturated heterocycles. The fraction of sp³-hybridized carbons (Fsp3) is 0.250. The molecule has 0 atom stereocenters. The molecule has 1 amide bonds. The molecule has 0 unspecified atom stereocenters. The molecular weight excluding hydrogens is 288 g/mol. The lowest BCUT2D eigenvalue weighted by atomic mass is 10.1. The van der Waals surface area contributed by atoms with Gasteiger partial charge in [0.2, 0.25) is 0 Å². The number of hydrogen-bond donors (Lipinski definition) is 2. The predicted octanol–water partition coefficient (Wildman–Crippen LogP) is 4.12. The number of amides is 1. The van der Waals surface area contributed by atoms with Gasteiger partial charge in [0.15, 0.2) is 0 Å². The molecule has 0 aliphatic heterocycles. The Bertz CT molecular complexity index is 684. The molecule has 2 rings (SSSR count). The number of aryl methyl sites for hydroxylation is 1. The van der Waals surface area contributed by atoms with Crippen LogP contribution in [0.3, 0.4) is 0 Å². The van der Waals surface area contributed by atoms with Crippen molar-refractivity contribution < 1.29 is 9.90 Å². The second-order valence-corrected chi connectivity index (χ2v) is 5.60. The van der Waals surface area contributed by atoms with Gasteiger partial charge in [-0.2, -0.15) is 0 Å². The van der Waals surface area contributed by atoms with Gasteiger partial charge in [0.25, 0.3) is 5.91 Å². The van der Waals surface area contributed by atoms with Gasteiger partial charge in [0.1, 0.15) is 10.9 Å². The van der Waals surface area contributed by atoms with Crippen molar-refractivity contribution in [2.24, 2.45) is 0 Å². The van der Waals surface area contributed by atoms with Gasteiger partial charge >= 0.3 is 0 Å². The molecule has 2 aromatic rings. The molecule has 0 radical (unpaired) electrons. The normalized spacial score (nSPS) is 10.7. The van der Waals surface area contributed by atoms with Crippen molar-refractivity contribution in [2.45, 2.75) is 26.7 Å². The highest BCUT2D eigenvalue weighted by Gasteiger charge is 2.12. The number of anilines is 1. The van der Waals surface area contributed by atoms with E-state index in [0.717, 1.165) is 11.3 Å². The first-order valence-electron chi connectivity index (χ1n) is 6.65. The standard InChI is InChI=1S/C16H17ClN2O2/c1-9(2)13-6-11(7-15(17)19-13)16(21)18-12-5-4-10(3)14(20)8-12/h4-9,20H,1-3H3,(H,18,21). The van der Waals surface area contributed by atoms with Crippen molar-refractivity contribution in [3.63, 3.8) is 0 Å². The van der Waals surface area contributed by atoms with Crippen LogP contribution in [0.5, 0.6) is 5.75 Å². The first-order chi connectivity index (χ1) is 9.86. The third kappa shape index (κ3) is 3.73. The number of carbonyl (C=O) groups is 1. The van der Waals surface area contributed by atoms with E-state index in [2.05, 4.69) is 10.3 Å². The minimum absolute atomic E-state index is 0.142. The van der Waals surface area contributed by atoms with Crippen LogP contribution in [0.2, 0.25) is 5.15 Å². The fourth-order valence-corrected chi connectivity index (χ4v) is 2.05. The average Bonchev–Trinajstić information content (AvgIpc) is 2.42. The summed E-state index contributed by atoms with van der Waals surface area (Å²) < 4.78 is 0. The largest absolute Gasteiger partial charge is 0.508 e. The Morgan fingerprint density at radius 2 is 2.00 bits per heavy atom. The summed E-state index contributed by atoms with van der Waals surface area (Å²) in [5, 5.41) is 12.7. The molecule has 21 heavy (non-hydrogen) atoms. The molecular formula is C16H17ClN2O2. The third-order valence-corrected chi connectivity index (χ3v) is 3.33. The number of carbonyl (C=O) groups excluding carboxylic acids is 1. The van der Waals surface area contributed by atoms with E-state index < -0.39 is 0 Å². The van der Waals surface area contributed by atoms with Crippen molar-refractivity contribution in [1.82, 2.24) is 4.98 Å². The van der Waals surface area contributed by atoms with Gasteiger partial charge in [0.05, 0.1) is 0 Å². The zero-order valence-electron chi connectivity index (χ0n) is 12.1. The van der Waals surface area contributed by atoms with Crippen LogP contribution < -0.4 is 5.32 Å². The smallest absolute Gasteiger partial charge is 0.255 e. The number of nitrogens with one attached hydrogen (secondary N) is 1. The number of nitrogens with zero attached hydrogens (tertiary/aromatic N) is 1. The van der Waals surface area contributed by atoms with Crippen LogP contribution in [0.25, 0.3) is 0 Å². The Kier molecular flexibility index (Phi) is 4.48. The minimum Gasteiger partial charge on any atom is -0.508 e. The topological polar surface area (TPSA) is 62.2 Å². The number of halogens is 1. The molecule has 0 aliphatic rings. The molecule has 1 aromatic heterocycles. The summed E-state index contributed by atoms with van der Waals surface area (Å²) in [5.41, 5.74) is 2.49. The Balaban J connectivity index is 2.25. The number of phenols is 1. The van der Waals surface area contributed by atoms with Crippen molar-refractivity contribution in [1.29, 1.82) is 0 Å². The molecule has 110 valence electrons. The van der Waals surface area contributed by atoms with E-state index in [-0.39, 0.29) is 22.7 Å². The first-order valence-corrected chi connectivity index (χ1v) is 7.03. The van der Waals surface area contributed by atoms with Gasteiger partial charge < -0.3 is 10.4 Å². The summed E-state index contributed by atoms with van der Waals surface area (Å²) in [4.78, 5) is 16.5. The molecule has 4 nitrogen and oxygen atoms in total. The van der Waals surface area contributed by atoms with Gasteiger partial charge in [-0.3, -0.25) is 4.79 Å². The molecule has 0 bridgehead atoms. The Morgan fingerprint density at radius 1 is 1.29 bits per heavy atom. The van der Waals surface area contributed by atoms with Gasteiger partial charge in [-0.1, -0.05) is 31.5 Å². The lowest BCUT2D eigenvalue weighted by Gasteiger charge is -2.10. The maximum atomic E-state index is 12.3. The Labute approximate surface area is 128 Å². The molecule has 0 fully saturated rings. The van der Waals surface area contributed by atoms with Crippen molar-refractivity contribution in [2.75, 3.05) is 5.32 Å². The van der Waals surface area contributed by atoms with E-state index in [1.54, 1.807) is 25.1 Å². The zero-order valence-corrected chi connectivity index (χ0v) is 12.9. The van der Waals surface area contributed by atoms with E-state index in [1.807, 2.05) is 13.8 Å². The molecule has 0 aliphatic carbocycles. The Hall–Kier alpha value is -2.07. The summed E-state index contributed by atoms with van der Waals surface area (Å²) in [5.74, 6) is 0.0338. The van der Waals surface area contributed by atoms with Gasteiger partial charge in [-0.25, -0.2) is 4.98 Å². The summed E-state index contributed by atoms with van der Waals surface area (Å²) in [7, 11) is 0. The number of benzene rings is 1. The SMILES string of the molecule is Cc1ccc(NC(=O)c2cc(Cl)nc(C(C)C)c2)cc1O. The van der Waals surface area contributed by atoms with Gasteiger partial charge in [0, 0.05) is 23.0 Å². The van der Waals surface area contributed by atoms with Crippen LogP contribution in [0.15, 0.2) is 30.3 Å². The van der Waals surface area contributed by atoms with Crippen molar-refractivity contribution >= 4 is 23.2 Å². The number of pyridine rings is 1. The van der Waals surface area contributed by atoms with Crippen LogP contribution in [0.1, 0.15) is 41.4 Å². The summed E-state index contributed by atoms with van der Waals surface area (Å²) in [6, 6.07) is 8.24. The second kappa shape index (κ2) is 6.14. The summed E-state index contributed by atoms with van der Waals surface area (Å²) in [6.45, 7) is 5.76. The molecule has 0 spiro atoms. The quantitative estimate of drug-likeness (QED) is 0.838. The highest BCUT2D eigenvalue weighted by atomic mass is 35.5. The number of rotatable bonds is 3.